The molecule has 1 aromatic heterocycles. The Kier molecular flexibility index (Phi) is 4.82. The van der Waals surface area contributed by atoms with Gasteiger partial charge in [0.1, 0.15) is 12.1 Å². The molecule has 1 N–H and O–H groups in total. The van der Waals surface area contributed by atoms with Gasteiger partial charge in [-0.1, -0.05) is 0 Å². The van der Waals surface area contributed by atoms with Gasteiger partial charge in [0.2, 0.25) is 0 Å². The summed E-state index contributed by atoms with van der Waals surface area (Å²) >= 11 is 0. The molecular weight excluding hydrogens is 252 g/mol. The van der Waals surface area contributed by atoms with Crippen molar-refractivity contribution in [1.82, 2.24) is 15.3 Å². The quantitative estimate of drug-likeness (QED) is 0.900. The van der Waals surface area contributed by atoms with Gasteiger partial charge in [0.05, 0.1) is 13.2 Å². The monoisotopic (exact) mass is 276 g/mol. The predicted octanol–water partition coefficient (Wildman–Crippen LogP) is 1.25. The minimum absolute atomic E-state index is 0.762. The number of nitrogens with one attached hydrogen (secondary N) is 1. The first-order valence-corrected chi connectivity index (χ1v) is 7.76. The molecule has 110 valence electrons. The molecule has 0 bridgehead atoms. The highest BCUT2D eigenvalue weighted by molar-refractivity contribution is 5.39. The van der Waals surface area contributed by atoms with E-state index >= 15 is 0 Å². The predicted molar refractivity (Wildman–Crippen MR) is 79.0 cm³/mol. The van der Waals surface area contributed by atoms with E-state index in [1.807, 2.05) is 0 Å². The van der Waals surface area contributed by atoms with Crippen LogP contribution in [-0.4, -0.2) is 49.4 Å². The Balaban J connectivity index is 1.64. The highest BCUT2D eigenvalue weighted by atomic mass is 16.5. The minimum Gasteiger partial charge on any atom is -0.378 e. The number of ether oxygens (including phenoxy) is 1. The van der Waals surface area contributed by atoms with Crippen LogP contribution in [0.2, 0.25) is 0 Å². The highest BCUT2D eigenvalue weighted by Gasteiger charge is 2.16. The van der Waals surface area contributed by atoms with E-state index in [0.717, 1.165) is 51.0 Å². The Bertz CT molecular complexity index is 412. The Morgan fingerprint density at radius 1 is 1.20 bits per heavy atom. The number of rotatable bonds is 3. The molecule has 0 saturated carbocycles. The van der Waals surface area contributed by atoms with Crippen molar-refractivity contribution >= 4 is 5.82 Å². The van der Waals surface area contributed by atoms with E-state index in [1.165, 1.54) is 31.5 Å². The molecule has 0 spiro atoms. The molecule has 3 rings (SSSR count). The summed E-state index contributed by atoms with van der Waals surface area (Å²) in [4.78, 5) is 11.2. The van der Waals surface area contributed by atoms with Crippen molar-refractivity contribution in [3.05, 3.63) is 18.1 Å². The summed E-state index contributed by atoms with van der Waals surface area (Å²) in [5.41, 5.74) is 1.19. The third-order valence-corrected chi connectivity index (χ3v) is 4.24. The summed E-state index contributed by atoms with van der Waals surface area (Å²) in [6.07, 6.45) is 6.66. The van der Waals surface area contributed by atoms with E-state index in [-0.39, 0.29) is 0 Å². The van der Waals surface area contributed by atoms with Gasteiger partial charge < -0.3 is 15.0 Å². The topological polar surface area (TPSA) is 50.3 Å². The number of morpholine rings is 1. The van der Waals surface area contributed by atoms with Crippen molar-refractivity contribution in [1.29, 1.82) is 0 Å². The second-order valence-corrected chi connectivity index (χ2v) is 5.72. The van der Waals surface area contributed by atoms with Crippen LogP contribution in [0.15, 0.2) is 12.4 Å². The van der Waals surface area contributed by atoms with Crippen molar-refractivity contribution in [3.8, 4) is 0 Å². The summed E-state index contributed by atoms with van der Waals surface area (Å²) in [7, 11) is 0. The average molecular weight is 276 g/mol. The molecule has 0 unspecified atom stereocenters. The van der Waals surface area contributed by atoms with E-state index in [4.69, 9.17) is 4.74 Å². The Labute approximate surface area is 120 Å². The molecule has 5 nitrogen and oxygen atoms in total. The van der Waals surface area contributed by atoms with Crippen LogP contribution < -0.4 is 10.2 Å². The third kappa shape index (κ3) is 3.67. The van der Waals surface area contributed by atoms with E-state index < -0.39 is 0 Å². The zero-order valence-electron chi connectivity index (χ0n) is 12.1. The molecular formula is C15H24N4O. The smallest absolute Gasteiger partial charge is 0.132 e. The number of hydrogen-bond acceptors (Lipinski definition) is 5. The van der Waals surface area contributed by atoms with E-state index in [0.29, 0.717) is 0 Å². The molecule has 2 fully saturated rings. The van der Waals surface area contributed by atoms with Crippen LogP contribution in [0.4, 0.5) is 5.82 Å². The van der Waals surface area contributed by atoms with E-state index in [1.54, 1.807) is 6.33 Å². The fourth-order valence-electron chi connectivity index (χ4n) is 3.05. The van der Waals surface area contributed by atoms with Crippen LogP contribution in [0.1, 0.15) is 25.0 Å². The van der Waals surface area contributed by atoms with Crippen LogP contribution >= 0.6 is 0 Å². The molecule has 2 saturated heterocycles. The summed E-state index contributed by atoms with van der Waals surface area (Å²) < 4.78 is 5.39. The van der Waals surface area contributed by atoms with Gasteiger partial charge in [0.25, 0.3) is 0 Å². The first kappa shape index (κ1) is 13.8. The summed E-state index contributed by atoms with van der Waals surface area (Å²) in [5.74, 6) is 1.82. The number of aromatic nitrogens is 2. The van der Waals surface area contributed by atoms with Gasteiger partial charge in [-0.15, -0.1) is 0 Å². The maximum Gasteiger partial charge on any atom is 0.132 e. The standard InChI is InChI=1S/C15H24N4O/c1-2-13(3-5-16-4-1)10-14-11-15(18-12-17-14)19-6-8-20-9-7-19/h11-13,16H,1-10H2/t13-/m1/s1. The minimum atomic E-state index is 0.762. The molecule has 1 aromatic rings. The number of nitrogens with zero attached hydrogens (tertiary/aromatic N) is 3. The Hall–Kier alpha value is -1.20. The van der Waals surface area contributed by atoms with E-state index in [9.17, 15) is 0 Å². The van der Waals surface area contributed by atoms with Gasteiger partial charge >= 0.3 is 0 Å². The van der Waals surface area contributed by atoms with Gasteiger partial charge in [-0.25, -0.2) is 9.97 Å². The van der Waals surface area contributed by atoms with Crippen LogP contribution in [0.25, 0.3) is 0 Å². The van der Waals surface area contributed by atoms with Gasteiger partial charge in [0, 0.05) is 24.8 Å². The zero-order valence-corrected chi connectivity index (χ0v) is 12.1. The lowest BCUT2D eigenvalue weighted by molar-refractivity contribution is 0.122. The summed E-state index contributed by atoms with van der Waals surface area (Å²) in [5, 5.41) is 3.47. The highest BCUT2D eigenvalue weighted by Crippen LogP contribution is 2.20. The second-order valence-electron chi connectivity index (χ2n) is 5.72. The van der Waals surface area contributed by atoms with Crippen molar-refractivity contribution < 1.29 is 4.74 Å². The fourth-order valence-corrected chi connectivity index (χ4v) is 3.05. The van der Waals surface area contributed by atoms with Crippen LogP contribution in [0.3, 0.4) is 0 Å². The largest absolute Gasteiger partial charge is 0.378 e. The average Bonchev–Trinajstić information content (AvgIpc) is 2.77. The first-order chi connectivity index (χ1) is 9.92. The molecule has 0 aromatic carbocycles. The molecule has 5 heteroatoms. The molecule has 20 heavy (non-hydrogen) atoms. The third-order valence-electron chi connectivity index (χ3n) is 4.24. The maximum absolute atomic E-state index is 5.39. The fraction of sp³-hybridized carbons (Fsp3) is 0.733. The summed E-state index contributed by atoms with van der Waals surface area (Å²) in [6.45, 7) is 5.78. The van der Waals surface area contributed by atoms with Crippen molar-refractivity contribution in [2.24, 2.45) is 5.92 Å². The van der Waals surface area contributed by atoms with Crippen molar-refractivity contribution in [2.75, 3.05) is 44.3 Å². The lowest BCUT2D eigenvalue weighted by Crippen LogP contribution is -2.36. The molecule has 2 aliphatic rings. The van der Waals surface area contributed by atoms with Crippen LogP contribution in [0.5, 0.6) is 0 Å². The van der Waals surface area contributed by atoms with Gasteiger partial charge in [-0.3, -0.25) is 0 Å². The van der Waals surface area contributed by atoms with Crippen LogP contribution in [0, 0.1) is 5.92 Å². The maximum atomic E-state index is 5.39. The van der Waals surface area contributed by atoms with Crippen molar-refractivity contribution in [2.45, 2.75) is 25.7 Å². The number of anilines is 1. The van der Waals surface area contributed by atoms with Gasteiger partial charge in [-0.2, -0.15) is 0 Å². The van der Waals surface area contributed by atoms with Crippen LogP contribution in [-0.2, 0) is 11.2 Å². The second kappa shape index (κ2) is 6.99. The molecule has 0 radical (unpaired) electrons. The molecule has 0 amide bonds. The Morgan fingerprint density at radius 3 is 3.00 bits per heavy atom. The van der Waals surface area contributed by atoms with Gasteiger partial charge in [-0.05, 0) is 44.7 Å². The SMILES string of the molecule is c1nc(C[C@@H]2CCCNCC2)cc(N2CCOCC2)n1. The molecule has 0 aliphatic carbocycles. The van der Waals surface area contributed by atoms with Crippen molar-refractivity contribution in [3.63, 3.8) is 0 Å². The first-order valence-electron chi connectivity index (χ1n) is 7.76. The molecule has 1 atom stereocenters. The summed E-state index contributed by atoms with van der Waals surface area (Å²) in [6, 6.07) is 2.17. The van der Waals surface area contributed by atoms with Gasteiger partial charge in [0.15, 0.2) is 0 Å². The number of hydrogen-bond donors (Lipinski definition) is 1. The van der Waals surface area contributed by atoms with E-state index in [2.05, 4.69) is 26.3 Å². The molecule has 3 heterocycles. The zero-order chi connectivity index (χ0) is 13.6. The lowest BCUT2D eigenvalue weighted by atomic mass is 9.95. The normalized spacial score (nSPS) is 24.4. The lowest BCUT2D eigenvalue weighted by Gasteiger charge is -2.28. The molecule has 2 aliphatic heterocycles. The Morgan fingerprint density at radius 2 is 2.10 bits per heavy atom.